The first-order valence-corrected chi connectivity index (χ1v) is 5.53. The number of hydrogen-bond acceptors (Lipinski definition) is 1. The van der Waals surface area contributed by atoms with Gasteiger partial charge >= 0.3 is 0 Å². The maximum absolute atomic E-state index is 9.58. The van der Waals surface area contributed by atoms with E-state index in [2.05, 4.69) is 29.2 Å². The van der Waals surface area contributed by atoms with Crippen LogP contribution in [0.15, 0.2) is 30.5 Å². The van der Waals surface area contributed by atoms with Crippen molar-refractivity contribution < 1.29 is 5.11 Å². The Hall–Kier alpha value is -1.28. The van der Waals surface area contributed by atoms with Gasteiger partial charge in [0.25, 0.3) is 0 Å². The van der Waals surface area contributed by atoms with Gasteiger partial charge < -0.3 is 10.1 Å². The Morgan fingerprint density at radius 2 is 2.13 bits per heavy atom. The second-order valence-corrected chi connectivity index (χ2v) is 4.54. The molecule has 0 aliphatic heterocycles. The van der Waals surface area contributed by atoms with Gasteiger partial charge in [0.1, 0.15) is 0 Å². The molecule has 0 bridgehead atoms. The molecule has 2 aromatic rings. The molecule has 2 heteroatoms. The molecule has 15 heavy (non-hydrogen) atoms. The van der Waals surface area contributed by atoms with Gasteiger partial charge in [0.05, 0.1) is 6.61 Å². The number of H-pyrrole nitrogens is 1. The molecule has 1 aromatic carbocycles. The first-order chi connectivity index (χ1) is 7.36. The minimum absolute atomic E-state index is 0.0434. The third kappa shape index (κ3) is 1.15. The Balaban J connectivity index is 2.21. The highest BCUT2D eigenvalue weighted by Gasteiger charge is 2.38. The lowest BCUT2D eigenvalue weighted by molar-refractivity contribution is 0.121. The predicted molar refractivity (Wildman–Crippen MR) is 60.9 cm³/mol. The Bertz CT molecular complexity index is 476. The summed E-state index contributed by atoms with van der Waals surface area (Å²) in [6, 6.07) is 8.43. The van der Waals surface area contributed by atoms with Gasteiger partial charge in [-0.25, -0.2) is 0 Å². The molecule has 0 spiro atoms. The number of aliphatic hydroxyl groups is 1. The summed E-state index contributed by atoms with van der Waals surface area (Å²) < 4.78 is 0. The minimum Gasteiger partial charge on any atom is -0.395 e. The normalized spacial score (nSPS) is 19.0. The maximum atomic E-state index is 9.58. The number of aromatic amines is 1. The van der Waals surface area contributed by atoms with E-state index in [0.29, 0.717) is 0 Å². The van der Waals surface area contributed by atoms with Crippen molar-refractivity contribution in [2.45, 2.75) is 24.7 Å². The topological polar surface area (TPSA) is 36.0 Å². The standard InChI is InChI=1S/C13H15NO/c15-9-13(6-2-7-13)11-3-1-4-12-10(11)5-8-14-12/h1,3-5,8,14-15H,2,6-7,9H2. The van der Waals surface area contributed by atoms with Crippen LogP contribution in [0.2, 0.25) is 0 Å². The van der Waals surface area contributed by atoms with Crippen molar-refractivity contribution in [1.29, 1.82) is 0 Å². The first kappa shape index (κ1) is 8.98. The number of nitrogens with one attached hydrogen (secondary N) is 1. The largest absolute Gasteiger partial charge is 0.395 e. The van der Waals surface area contributed by atoms with Gasteiger partial charge in [-0.15, -0.1) is 0 Å². The van der Waals surface area contributed by atoms with E-state index in [0.717, 1.165) is 12.8 Å². The van der Waals surface area contributed by atoms with Crippen molar-refractivity contribution in [2.24, 2.45) is 0 Å². The fourth-order valence-corrected chi connectivity index (χ4v) is 2.66. The van der Waals surface area contributed by atoms with Crippen LogP contribution in [-0.2, 0) is 5.41 Å². The van der Waals surface area contributed by atoms with Crippen molar-refractivity contribution >= 4 is 10.9 Å². The minimum atomic E-state index is 0.0434. The zero-order valence-corrected chi connectivity index (χ0v) is 8.66. The zero-order valence-electron chi connectivity index (χ0n) is 8.66. The lowest BCUT2D eigenvalue weighted by Gasteiger charge is -2.41. The Morgan fingerprint density at radius 3 is 2.80 bits per heavy atom. The van der Waals surface area contributed by atoms with E-state index in [1.54, 1.807) is 0 Å². The van der Waals surface area contributed by atoms with Gasteiger partial charge in [0.2, 0.25) is 0 Å². The van der Waals surface area contributed by atoms with Gasteiger partial charge in [-0.2, -0.15) is 0 Å². The molecule has 1 saturated carbocycles. The van der Waals surface area contributed by atoms with E-state index < -0.39 is 0 Å². The fraction of sp³-hybridized carbons (Fsp3) is 0.385. The third-order valence-corrected chi connectivity index (χ3v) is 3.78. The number of aromatic nitrogens is 1. The van der Waals surface area contributed by atoms with Crippen molar-refractivity contribution in [3.63, 3.8) is 0 Å². The maximum Gasteiger partial charge on any atom is 0.0528 e. The van der Waals surface area contributed by atoms with Crippen LogP contribution < -0.4 is 0 Å². The smallest absolute Gasteiger partial charge is 0.0528 e. The number of rotatable bonds is 2. The summed E-state index contributed by atoms with van der Waals surface area (Å²) in [5.74, 6) is 0. The number of benzene rings is 1. The van der Waals surface area contributed by atoms with Crippen LogP contribution in [0, 0.1) is 0 Å². The first-order valence-electron chi connectivity index (χ1n) is 5.53. The molecule has 0 saturated heterocycles. The van der Waals surface area contributed by atoms with Crippen molar-refractivity contribution in [3.8, 4) is 0 Å². The zero-order chi connectivity index (χ0) is 10.3. The molecule has 1 heterocycles. The average Bonchev–Trinajstić information content (AvgIpc) is 2.65. The monoisotopic (exact) mass is 201 g/mol. The van der Waals surface area contributed by atoms with Crippen LogP contribution in [0.4, 0.5) is 0 Å². The highest BCUT2D eigenvalue weighted by molar-refractivity contribution is 5.84. The number of hydrogen-bond donors (Lipinski definition) is 2. The van der Waals surface area contributed by atoms with E-state index >= 15 is 0 Å². The van der Waals surface area contributed by atoms with Crippen molar-refractivity contribution in [2.75, 3.05) is 6.61 Å². The average molecular weight is 201 g/mol. The molecule has 1 aliphatic carbocycles. The quantitative estimate of drug-likeness (QED) is 0.769. The van der Waals surface area contributed by atoms with Gasteiger partial charge in [-0.3, -0.25) is 0 Å². The van der Waals surface area contributed by atoms with Crippen LogP contribution in [0.3, 0.4) is 0 Å². The van der Waals surface area contributed by atoms with Crippen LogP contribution in [0.5, 0.6) is 0 Å². The lowest BCUT2D eigenvalue weighted by Crippen LogP contribution is -2.37. The molecule has 0 atom stereocenters. The molecule has 1 aromatic heterocycles. The Kier molecular flexibility index (Phi) is 1.86. The molecule has 2 nitrogen and oxygen atoms in total. The van der Waals surface area contributed by atoms with E-state index in [1.807, 2.05) is 6.20 Å². The summed E-state index contributed by atoms with van der Waals surface area (Å²) >= 11 is 0. The number of aliphatic hydroxyl groups excluding tert-OH is 1. The molecule has 0 amide bonds. The Labute approximate surface area is 88.9 Å². The highest BCUT2D eigenvalue weighted by atomic mass is 16.3. The Morgan fingerprint density at radius 1 is 1.27 bits per heavy atom. The van der Waals surface area contributed by atoms with Crippen molar-refractivity contribution in [3.05, 3.63) is 36.0 Å². The van der Waals surface area contributed by atoms with Gasteiger partial charge in [0, 0.05) is 22.5 Å². The fourth-order valence-electron chi connectivity index (χ4n) is 2.66. The molecule has 0 unspecified atom stereocenters. The molecular formula is C13H15NO. The molecule has 2 N–H and O–H groups in total. The van der Waals surface area contributed by atoms with Crippen LogP contribution in [0.1, 0.15) is 24.8 Å². The second-order valence-electron chi connectivity index (χ2n) is 4.54. The summed E-state index contributed by atoms with van der Waals surface area (Å²) in [5, 5.41) is 10.8. The molecule has 3 rings (SSSR count). The SMILES string of the molecule is OCC1(c2cccc3[nH]ccc23)CCC1. The van der Waals surface area contributed by atoms with Crippen LogP contribution in [-0.4, -0.2) is 16.7 Å². The van der Waals surface area contributed by atoms with Crippen molar-refractivity contribution in [1.82, 2.24) is 4.98 Å². The molecule has 1 fully saturated rings. The van der Waals surface area contributed by atoms with Gasteiger partial charge in [-0.1, -0.05) is 18.6 Å². The lowest BCUT2D eigenvalue weighted by atomic mass is 9.64. The van der Waals surface area contributed by atoms with E-state index in [9.17, 15) is 5.11 Å². The molecule has 78 valence electrons. The summed E-state index contributed by atoms with van der Waals surface area (Å²) in [5.41, 5.74) is 2.53. The van der Waals surface area contributed by atoms with Gasteiger partial charge in [0.15, 0.2) is 0 Å². The summed E-state index contributed by atoms with van der Waals surface area (Å²) in [7, 11) is 0. The molecular weight excluding hydrogens is 186 g/mol. The third-order valence-electron chi connectivity index (χ3n) is 3.78. The predicted octanol–water partition coefficient (Wildman–Crippen LogP) is 2.58. The second kappa shape index (κ2) is 3.11. The summed E-state index contributed by atoms with van der Waals surface area (Å²) in [6.07, 6.45) is 5.45. The van der Waals surface area contributed by atoms with Gasteiger partial charge in [-0.05, 0) is 30.5 Å². The van der Waals surface area contributed by atoms with E-state index in [1.165, 1.54) is 22.9 Å². The highest BCUT2D eigenvalue weighted by Crippen LogP contribution is 2.45. The summed E-state index contributed by atoms with van der Waals surface area (Å²) in [6.45, 7) is 0.275. The van der Waals surface area contributed by atoms with E-state index in [-0.39, 0.29) is 12.0 Å². The molecule has 0 radical (unpaired) electrons. The van der Waals surface area contributed by atoms with Crippen LogP contribution >= 0.6 is 0 Å². The number of fused-ring (bicyclic) bond motifs is 1. The van der Waals surface area contributed by atoms with Crippen LogP contribution in [0.25, 0.3) is 10.9 Å². The summed E-state index contributed by atoms with van der Waals surface area (Å²) in [4.78, 5) is 3.22. The van der Waals surface area contributed by atoms with E-state index in [4.69, 9.17) is 0 Å². The molecule has 1 aliphatic rings.